The molecule has 1 fully saturated rings. The third-order valence-electron chi connectivity index (χ3n) is 4.39. The standard InChI is InChI=1S/C17H22ClIN4O2Si/c1-26(2,3)5-4-24-10-23-9-13(19)14-15(23)21-17(18)22-16(14)25-12-6-11(7-12)8-20/h9,11-12H,4-7,10H2,1-3H3. The Labute approximate surface area is 173 Å². The fourth-order valence-electron chi connectivity index (χ4n) is 2.73. The molecule has 26 heavy (non-hydrogen) atoms. The summed E-state index contributed by atoms with van der Waals surface area (Å²) in [5.74, 6) is 0.572. The largest absolute Gasteiger partial charge is 0.474 e. The van der Waals surface area contributed by atoms with Crippen molar-refractivity contribution in [3.63, 3.8) is 0 Å². The molecule has 0 bridgehead atoms. The summed E-state index contributed by atoms with van der Waals surface area (Å²) in [7, 11) is -1.11. The Morgan fingerprint density at radius 3 is 2.77 bits per heavy atom. The molecule has 140 valence electrons. The van der Waals surface area contributed by atoms with Gasteiger partial charge in [-0.1, -0.05) is 19.6 Å². The summed E-state index contributed by atoms with van der Waals surface area (Å²) in [5.41, 5.74) is 0.716. The van der Waals surface area contributed by atoms with Gasteiger partial charge in [0.25, 0.3) is 0 Å². The molecule has 0 saturated heterocycles. The quantitative estimate of drug-likeness (QED) is 0.237. The topological polar surface area (TPSA) is 73.0 Å². The smallest absolute Gasteiger partial charge is 0.228 e. The molecule has 0 amide bonds. The van der Waals surface area contributed by atoms with E-state index in [1.807, 2.05) is 10.8 Å². The van der Waals surface area contributed by atoms with Gasteiger partial charge in [0.15, 0.2) is 5.65 Å². The maximum Gasteiger partial charge on any atom is 0.228 e. The number of rotatable bonds is 7. The molecule has 6 nitrogen and oxygen atoms in total. The van der Waals surface area contributed by atoms with Gasteiger partial charge in [-0.25, -0.2) is 0 Å². The first-order valence-electron chi connectivity index (χ1n) is 8.63. The Kier molecular flexibility index (Phi) is 6.11. The predicted molar refractivity (Wildman–Crippen MR) is 112 cm³/mol. The highest BCUT2D eigenvalue weighted by Crippen LogP contribution is 2.35. The van der Waals surface area contributed by atoms with Gasteiger partial charge in [0.05, 0.1) is 17.4 Å². The van der Waals surface area contributed by atoms with Crippen molar-refractivity contribution in [1.29, 1.82) is 5.26 Å². The number of halogens is 2. The van der Waals surface area contributed by atoms with E-state index in [9.17, 15) is 0 Å². The normalized spacial score (nSPS) is 20.0. The molecule has 0 aliphatic heterocycles. The van der Waals surface area contributed by atoms with Crippen molar-refractivity contribution in [2.24, 2.45) is 5.92 Å². The van der Waals surface area contributed by atoms with E-state index in [0.717, 1.165) is 34.4 Å². The minimum atomic E-state index is -1.11. The monoisotopic (exact) mass is 504 g/mol. The first kappa shape index (κ1) is 19.9. The van der Waals surface area contributed by atoms with Gasteiger partial charge in [-0.15, -0.1) is 0 Å². The lowest BCUT2D eigenvalue weighted by Crippen LogP contribution is -2.33. The van der Waals surface area contributed by atoms with E-state index in [1.165, 1.54) is 0 Å². The molecule has 0 aromatic carbocycles. The summed E-state index contributed by atoms with van der Waals surface area (Å²) in [6.45, 7) is 8.16. The zero-order valence-electron chi connectivity index (χ0n) is 15.1. The summed E-state index contributed by atoms with van der Waals surface area (Å²) < 4.78 is 14.8. The van der Waals surface area contributed by atoms with Crippen LogP contribution in [-0.2, 0) is 11.5 Å². The molecule has 1 saturated carbocycles. The summed E-state index contributed by atoms with van der Waals surface area (Å²) in [6.07, 6.45) is 3.46. The molecule has 1 aliphatic carbocycles. The molecule has 2 aromatic rings. The molecule has 0 N–H and O–H groups in total. The number of hydrogen-bond acceptors (Lipinski definition) is 5. The third-order valence-corrected chi connectivity index (χ3v) is 7.08. The van der Waals surface area contributed by atoms with Gasteiger partial charge in [0.2, 0.25) is 11.2 Å². The van der Waals surface area contributed by atoms with Crippen LogP contribution in [0.3, 0.4) is 0 Å². The van der Waals surface area contributed by atoms with E-state index in [0.29, 0.717) is 18.3 Å². The average Bonchev–Trinajstić information content (AvgIpc) is 2.82. The molecule has 0 unspecified atom stereocenters. The molecule has 2 aromatic heterocycles. The molecule has 0 radical (unpaired) electrons. The zero-order valence-corrected chi connectivity index (χ0v) is 19.0. The second-order valence-corrected chi connectivity index (χ2v) is 15.0. The summed E-state index contributed by atoms with van der Waals surface area (Å²) >= 11 is 8.37. The Morgan fingerprint density at radius 1 is 1.38 bits per heavy atom. The average molecular weight is 505 g/mol. The Morgan fingerprint density at radius 2 is 2.12 bits per heavy atom. The number of aromatic nitrogens is 3. The predicted octanol–water partition coefficient (Wildman–Crippen LogP) is 4.68. The van der Waals surface area contributed by atoms with Crippen molar-refractivity contribution in [2.45, 2.75) is 51.4 Å². The van der Waals surface area contributed by atoms with Crippen molar-refractivity contribution in [3.8, 4) is 11.9 Å². The van der Waals surface area contributed by atoms with Crippen LogP contribution >= 0.6 is 34.2 Å². The van der Waals surface area contributed by atoms with E-state index in [1.54, 1.807) is 0 Å². The molecular formula is C17H22ClIN4O2Si. The SMILES string of the molecule is C[Si](C)(C)CCOCn1cc(I)c2c(OC3CC(C#N)C3)nc(Cl)nc21. The van der Waals surface area contributed by atoms with Crippen molar-refractivity contribution < 1.29 is 9.47 Å². The van der Waals surface area contributed by atoms with Crippen LogP contribution in [0.15, 0.2) is 6.20 Å². The van der Waals surface area contributed by atoms with Gasteiger partial charge in [0, 0.05) is 37.3 Å². The number of fused-ring (bicyclic) bond motifs is 1. The summed E-state index contributed by atoms with van der Waals surface area (Å²) in [6, 6.07) is 3.38. The van der Waals surface area contributed by atoms with Crippen molar-refractivity contribution >= 4 is 53.3 Å². The van der Waals surface area contributed by atoms with E-state index in [2.05, 4.69) is 58.3 Å². The molecule has 0 spiro atoms. The van der Waals surface area contributed by atoms with Gasteiger partial charge >= 0.3 is 0 Å². The van der Waals surface area contributed by atoms with Crippen LogP contribution in [0, 0.1) is 20.8 Å². The maximum absolute atomic E-state index is 8.92. The second-order valence-electron chi connectivity index (χ2n) is 7.83. The highest BCUT2D eigenvalue weighted by Gasteiger charge is 2.32. The Hall–Kier alpha value is -0.893. The Balaban J connectivity index is 1.76. The van der Waals surface area contributed by atoms with E-state index in [-0.39, 0.29) is 17.3 Å². The maximum atomic E-state index is 8.92. The van der Waals surface area contributed by atoms with E-state index < -0.39 is 8.07 Å². The third kappa shape index (κ3) is 4.68. The number of ether oxygens (including phenoxy) is 2. The van der Waals surface area contributed by atoms with Crippen LogP contribution in [0.5, 0.6) is 5.88 Å². The fraction of sp³-hybridized carbons (Fsp3) is 0.588. The molecule has 3 rings (SSSR count). The van der Waals surface area contributed by atoms with Crippen LogP contribution in [0.2, 0.25) is 31.0 Å². The van der Waals surface area contributed by atoms with Gasteiger partial charge in [-0.2, -0.15) is 15.2 Å². The van der Waals surface area contributed by atoms with Gasteiger partial charge in [0.1, 0.15) is 12.8 Å². The number of nitriles is 1. The first-order chi connectivity index (χ1) is 12.3. The fourth-order valence-corrected chi connectivity index (χ4v) is 4.45. The molecular weight excluding hydrogens is 483 g/mol. The van der Waals surface area contributed by atoms with Crippen LogP contribution in [-0.4, -0.2) is 35.3 Å². The molecule has 0 atom stereocenters. The van der Waals surface area contributed by atoms with Crippen LogP contribution < -0.4 is 4.74 Å². The van der Waals surface area contributed by atoms with E-state index >= 15 is 0 Å². The van der Waals surface area contributed by atoms with Gasteiger partial charge in [-0.05, 0) is 40.2 Å². The minimum absolute atomic E-state index is 0.0148. The minimum Gasteiger partial charge on any atom is -0.474 e. The Bertz CT molecular complexity index is 840. The van der Waals surface area contributed by atoms with Crippen LogP contribution in [0.4, 0.5) is 0 Å². The van der Waals surface area contributed by atoms with E-state index in [4.69, 9.17) is 26.3 Å². The van der Waals surface area contributed by atoms with Crippen molar-refractivity contribution in [3.05, 3.63) is 15.1 Å². The van der Waals surface area contributed by atoms with Gasteiger partial charge < -0.3 is 14.0 Å². The molecule has 1 aliphatic rings. The van der Waals surface area contributed by atoms with Crippen molar-refractivity contribution in [2.75, 3.05) is 6.61 Å². The second kappa shape index (κ2) is 8.00. The lowest BCUT2D eigenvalue weighted by atomic mass is 9.83. The number of hydrogen-bond donors (Lipinski definition) is 0. The lowest BCUT2D eigenvalue weighted by Gasteiger charge is -2.30. The molecule has 2 heterocycles. The van der Waals surface area contributed by atoms with Crippen molar-refractivity contribution in [1.82, 2.24) is 14.5 Å². The van der Waals surface area contributed by atoms with Crippen LogP contribution in [0.25, 0.3) is 11.0 Å². The van der Waals surface area contributed by atoms with Crippen LogP contribution in [0.1, 0.15) is 12.8 Å². The first-order valence-corrected chi connectivity index (χ1v) is 13.8. The highest BCUT2D eigenvalue weighted by atomic mass is 127. The number of nitrogens with zero attached hydrogens (tertiary/aromatic N) is 4. The lowest BCUT2D eigenvalue weighted by molar-refractivity contribution is 0.0857. The highest BCUT2D eigenvalue weighted by molar-refractivity contribution is 14.1. The summed E-state index contributed by atoms with van der Waals surface area (Å²) in [5, 5.41) is 9.92. The molecule has 9 heteroatoms. The van der Waals surface area contributed by atoms with Gasteiger partial charge in [-0.3, -0.25) is 0 Å². The summed E-state index contributed by atoms with van der Waals surface area (Å²) in [4.78, 5) is 8.65. The zero-order chi connectivity index (χ0) is 18.9.